The van der Waals surface area contributed by atoms with Crippen LogP contribution in [0.2, 0.25) is 10.0 Å². The number of aromatic carboxylic acids is 1. The molecule has 0 aliphatic rings. The highest BCUT2D eigenvalue weighted by molar-refractivity contribution is 6.40. The van der Waals surface area contributed by atoms with E-state index in [-0.39, 0.29) is 27.0 Å². The van der Waals surface area contributed by atoms with Crippen molar-refractivity contribution in [3.63, 3.8) is 0 Å². The number of para-hydroxylation sites is 1. The number of nitrogens with one attached hydrogen (secondary N) is 1. The summed E-state index contributed by atoms with van der Waals surface area (Å²) >= 11 is 11.9. The zero-order chi connectivity index (χ0) is 14.9. The number of carboxylic acid groups (broad SMARTS) is 1. The molecule has 1 aromatic carbocycles. The summed E-state index contributed by atoms with van der Waals surface area (Å²) in [5.41, 5.74) is -0.0694. The lowest BCUT2D eigenvalue weighted by Crippen LogP contribution is -2.19. The van der Waals surface area contributed by atoms with Crippen molar-refractivity contribution in [3.8, 4) is 0 Å². The molecule has 0 saturated carbocycles. The highest BCUT2D eigenvalue weighted by Crippen LogP contribution is 2.30. The summed E-state index contributed by atoms with van der Waals surface area (Å²) < 4.78 is 1.17. The molecule has 1 aromatic heterocycles. The standard InChI is InChI=1S/C12H9Cl2N3O3/c1-17-10(6(5-15-17)12(19)20)11(18)16-9-7(13)3-2-4-8(9)14/h2-5H,1H3,(H,16,18)(H,19,20). The number of carboxylic acids is 1. The number of benzene rings is 1. The summed E-state index contributed by atoms with van der Waals surface area (Å²) in [7, 11) is 1.47. The number of hydrogen-bond acceptors (Lipinski definition) is 3. The third kappa shape index (κ3) is 2.61. The van der Waals surface area contributed by atoms with Gasteiger partial charge in [-0.25, -0.2) is 4.79 Å². The molecule has 0 saturated heterocycles. The second-order valence-electron chi connectivity index (χ2n) is 3.89. The zero-order valence-electron chi connectivity index (χ0n) is 10.2. The van der Waals surface area contributed by atoms with E-state index in [0.29, 0.717) is 0 Å². The van der Waals surface area contributed by atoms with Crippen LogP contribution < -0.4 is 5.32 Å². The number of amides is 1. The van der Waals surface area contributed by atoms with Crippen molar-refractivity contribution < 1.29 is 14.7 Å². The molecule has 0 aliphatic carbocycles. The molecule has 0 aliphatic heterocycles. The highest BCUT2D eigenvalue weighted by atomic mass is 35.5. The van der Waals surface area contributed by atoms with Gasteiger partial charge in [-0.15, -0.1) is 0 Å². The van der Waals surface area contributed by atoms with Gasteiger partial charge in [-0.05, 0) is 12.1 Å². The van der Waals surface area contributed by atoms with Crippen LogP contribution in [0.15, 0.2) is 24.4 Å². The molecular weight excluding hydrogens is 305 g/mol. The van der Waals surface area contributed by atoms with Gasteiger partial charge in [0.1, 0.15) is 11.3 Å². The molecule has 1 amide bonds. The Morgan fingerprint density at radius 2 is 1.90 bits per heavy atom. The van der Waals surface area contributed by atoms with Crippen LogP contribution in [0.5, 0.6) is 0 Å². The van der Waals surface area contributed by atoms with Gasteiger partial charge in [0, 0.05) is 7.05 Å². The van der Waals surface area contributed by atoms with Crippen LogP contribution >= 0.6 is 23.2 Å². The van der Waals surface area contributed by atoms with E-state index >= 15 is 0 Å². The normalized spacial score (nSPS) is 10.3. The molecule has 2 rings (SSSR count). The predicted octanol–water partition coefficient (Wildman–Crippen LogP) is 2.68. The van der Waals surface area contributed by atoms with Gasteiger partial charge in [-0.2, -0.15) is 5.10 Å². The lowest BCUT2D eigenvalue weighted by Gasteiger charge is -2.09. The Bertz CT molecular complexity index is 677. The summed E-state index contributed by atoms with van der Waals surface area (Å²) in [4.78, 5) is 23.2. The molecule has 1 heterocycles. The molecule has 0 atom stereocenters. The Morgan fingerprint density at radius 1 is 1.30 bits per heavy atom. The molecule has 0 spiro atoms. The smallest absolute Gasteiger partial charge is 0.339 e. The third-order valence-corrected chi connectivity index (χ3v) is 3.22. The molecule has 2 N–H and O–H groups in total. The number of carbonyl (C=O) groups is 2. The average Bonchev–Trinajstić information content (AvgIpc) is 2.76. The van der Waals surface area contributed by atoms with Crippen LogP contribution in [-0.4, -0.2) is 26.8 Å². The quantitative estimate of drug-likeness (QED) is 0.912. The molecule has 20 heavy (non-hydrogen) atoms. The summed E-state index contributed by atoms with van der Waals surface area (Å²) in [6.07, 6.45) is 1.10. The Morgan fingerprint density at radius 3 is 2.45 bits per heavy atom. The van der Waals surface area contributed by atoms with Crippen LogP contribution in [0.1, 0.15) is 20.8 Å². The first-order valence-corrected chi connectivity index (χ1v) is 6.18. The SMILES string of the molecule is Cn1ncc(C(=O)O)c1C(=O)Nc1c(Cl)cccc1Cl. The second kappa shape index (κ2) is 5.52. The van der Waals surface area contributed by atoms with Gasteiger partial charge >= 0.3 is 5.97 Å². The maximum absolute atomic E-state index is 12.2. The van der Waals surface area contributed by atoms with Gasteiger partial charge in [0.05, 0.1) is 21.9 Å². The van der Waals surface area contributed by atoms with Gasteiger partial charge in [0.2, 0.25) is 0 Å². The number of nitrogens with zero attached hydrogens (tertiary/aromatic N) is 2. The maximum atomic E-state index is 12.2. The van der Waals surface area contributed by atoms with Crippen LogP contribution in [-0.2, 0) is 7.05 Å². The average molecular weight is 314 g/mol. The van der Waals surface area contributed by atoms with Crippen molar-refractivity contribution in [2.24, 2.45) is 7.05 Å². The molecule has 104 valence electrons. The minimum Gasteiger partial charge on any atom is -0.478 e. The number of hydrogen-bond donors (Lipinski definition) is 2. The van der Waals surface area contributed by atoms with E-state index in [1.54, 1.807) is 18.2 Å². The van der Waals surface area contributed by atoms with Gasteiger partial charge in [0.15, 0.2) is 0 Å². The summed E-state index contributed by atoms with van der Waals surface area (Å²) in [5.74, 6) is -1.90. The van der Waals surface area contributed by atoms with Gasteiger partial charge in [-0.3, -0.25) is 9.48 Å². The van der Waals surface area contributed by atoms with E-state index in [1.165, 1.54) is 11.7 Å². The predicted molar refractivity (Wildman–Crippen MR) is 74.6 cm³/mol. The van der Waals surface area contributed by atoms with E-state index < -0.39 is 11.9 Å². The second-order valence-corrected chi connectivity index (χ2v) is 4.70. The van der Waals surface area contributed by atoms with Crippen molar-refractivity contribution in [1.82, 2.24) is 9.78 Å². The summed E-state index contributed by atoms with van der Waals surface area (Å²) in [6.45, 7) is 0. The summed E-state index contributed by atoms with van der Waals surface area (Å²) in [5, 5.41) is 15.8. The van der Waals surface area contributed by atoms with E-state index in [0.717, 1.165) is 6.20 Å². The zero-order valence-corrected chi connectivity index (χ0v) is 11.7. The molecule has 0 radical (unpaired) electrons. The van der Waals surface area contributed by atoms with E-state index in [4.69, 9.17) is 28.3 Å². The number of anilines is 1. The van der Waals surface area contributed by atoms with Crippen LogP contribution in [0, 0.1) is 0 Å². The topological polar surface area (TPSA) is 84.2 Å². The summed E-state index contributed by atoms with van der Waals surface area (Å²) in [6, 6.07) is 4.75. The fourth-order valence-corrected chi connectivity index (χ4v) is 2.15. The molecule has 0 bridgehead atoms. The fourth-order valence-electron chi connectivity index (χ4n) is 1.65. The number of rotatable bonds is 3. The first-order chi connectivity index (χ1) is 9.41. The first-order valence-electron chi connectivity index (χ1n) is 5.42. The fraction of sp³-hybridized carbons (Fsp3) is 0.0833. The van der Waals surface area contributed by atoms with Crippen LogP contribution in [0.3, 0.4) is 0 Å². The number of aromatic nitrogens is 2. The van der Waals surface area contributed by atoms with Crippen LogP contribution in [0.25, 0.3) is 0 Å². The molecule has 0 fully saturated rings. The van der Waals surface area contributed by atoms with Gasteiger partial charge < -0.3 is 10.4 Å². The lowest BCUT2D eigenvalue weighted by atomic mass is 10.2. The molecule has 6 nitrogen and oxygen atoms in total. The maximum Gasteiger partial charge on any atom is 0.339 e. The Labute approximate surface area is 123 Å². The van der Waals surface area contributed by atoms with Crippen molar-refractivity contribution >= 4 is 40.8 Å². The minimum absolute atomic E-state index is 0.0894. The number of aryl methyl sites for hydroxylation is 1. The number of carbonyl (C=O) groups excluding carboxylic acids is 1. The largest absolute Gasteiger partial charge is 0.478 e. The Kier molecular flexibility index (Phi) is 3.96. The van der Waals surface area contributed by atoms with Gasteiger partial charge in [0.25, 0.3) is 5.91 Å². The van der Waals surface area contributed by atoms with E-state index in [9.17, 15) is 9.59 Å². The van der Waals surface area contributed by atoms with Crippen molar-refractivity contribution in [2.75, 3.05) is 5.32 Å². The molecule has 0 unspecified atom stereocenters. The first kappa shape index (κ1) is 14.4. The van der Waals surface area contributed by atoms with Crippen molar-refractivity contribution in [3.05, 3.63) is 45.7 Å². The minimum atomic E-state index is -1.24. The third-order valence-electron chi connectivity index (χ3n) is 2.59. The van der Waals surface area contributed by atoms with Gasteiger partial charge in [-0.1, -0.05) is 29.3 Å². The van der Waals surface area contributed by atoms with E-state index in [1.807, 2.05) is 0 Å². The lowest BCUT2D eigenvalue weighted by molar-refractivity contribution is 0.0692. The Hall–Kier alpha value is -2.05. The molecule has 2 aromatic rings. The Balaban J connectivity index is 2.39. The van der Waals surface area contributed by atoms with E-state index in [2.05, 4.69) is 10.4 Å². The monoisotopic (exact) mass is 313 g/mol. The number of halogens is 2. The highest BCUT2D eigenvalue weighted by Gasteiger charge is 2.22. The van der Waals surface area contributed by atoms with Crippen molar-refractivity contribution in [1.29, 1.82) is 0 Å². The molecule has 8 heteroatoms. The molecular formula is C12H9Cl2N3O3. The van der Waals surface area contributed by atoms with Crippen molar-refractivity contribution in [2.45, 2.75) is 0 Å². The van der Waals surface area contributed by atoms with Crippen LogP contribution in [0.4, 0.5) is 5.69 Å².